The summed E-state index contributed by atoms with van der Waals surface area (Å²) in [6, 6.07) is 26.3. The summed E-state index contributed by atoms with van der Waals surface area (Å²) < 4.78 is 0. The first-order valence-corrected chi connectivity index (χ1v) is 7.52. The maximum absolute atomic E-state index is 6.15. The minimum Gasteiger partial charge on any atom is -0.307 e. The second-order valence-corrected chi connectivity index (χ2v) is 5.60. The zero-order valence-electron chi connectivity index (χ0n) is 12.1. The van der Waals surface area contributed by atoms with E-state index in [4.69, 9.17) is 17.4 Å². The molecule has 0 aliphatic rings. The summed E-state index contributed by atoms with van der Waals surface area (Å²) in [6.45, 7) is 0.641. The molecule has 22 heavy (non-hydrogen) atoms. The Morgan fingerprint density at radius 1 is 0.727 bits per heavy atom. The molecule has 0 unspecified atom stereocenters. The number of anilines is 1. The van der Waals surface area contributed by atoms with E-state index in [2.05, 4.69) is 24.3 Å². The second kappa shape index (κ2) is 6.65. The Bertz CT molecular complexity index is 722. The molecule has 3 heteroatoms. The lowest BCUT2D eigenvalue weighted by Crippen LogP contribution is -2.29. The lowest BCUT2D eigenvalue weighted by atomic mass is 10.1. The fourth-order valence-electron chi connectivity index (χ4n) is 2.35. The third-order valence-electron chi connectivity index (χ3n) is 3.57. The fourth-order valence-corrected chi connectivity index (χ4v) is 2.48. The Morgan fingerprint density at radius 3 is 1.95 bits per heavy atom. The van der Waals surface area contributed by atoms with Crippen molar-refractivity contribution in [3.05, 3.63) is 89.4 Å². The van der Waals surface area contributed by atoms with E-state index in [1.807, 2.05) is 54.6 Å². The van der Waals surface area contributed by atoms with Crippen molar-refractivity contribution in [1.29, 1.82) is 0 Å². The first kappa shape index (κ1) is 14.6. The van der Waals surface area contributed by atoms with Gasteiger partial charge in [-0.1, -0.05) is 66.2 Å². The molecule has 0 saturated carbocycles. The van der Waals surface area contributed by atoms with Crippen molar-refractivity contribution in [3.8, 4) is 11.1 Å². The highest BCUT2D eigenvalue weighted by atomic mass is 35.5. The molecule has 0 atom stereocenters. The largest absolute Gasteiger partial charge is 0.307 e. The molecule has 3 aromatic rings. The molecule has 0 bridgehead atoms. The van der Waals surface area contributed by atoms with Crippen LogP contribution in [0.4, 0.5) is 5.69 Å². The molecule has 3 rings (SSSR count). The van der Waals surface area contributed by atoms with E-state index in [0.717, 1.165) is 16.3 Å². The van der Waals surface area contributed by atoms with Crippen LogP contribution in [0.2, 0.25) is 5.02 Å². The fraction of sp³-hybridized carbons (Fsp3) is 0.0526. The van der Waals surface area contributed by atoms with Crippen LogP contribution in [0, 0.1) is 0 Å². The van der Waals surface area contributed by atoms with Crippen LogP contribution in [0.15, 0.2) is 78.9 Å². The summed E-state index contributed by atoms with van der Waals surface area (Å²) in [6.07, 6.45) is 0. The maximum atomic E-state index is 6.15. The number of nitrogens with zero attached hydrogens (tertiary/aromatic N) is 1. The van der Waals surface area contributed by atoms with Crippen molar-refractivity contribution in [3.63, 3.8) is 0 Å². The molecule has 0 heterocycles. The number of hydrogen-bond acceptors (Lipinski definition) is 2. The molecule has 0 amide bonds. The molecule has 0 fully saturated rings. The van der Waals surface area contributed by atoms with Crippen LogP contribution < -0.4 is 10.9 Å². The van der Waals surface area contributed by atoms with E-state index in [-0.39, 0.29) is 0 Å². The summed E-state index contributed by atoms with van der Waals surface area (Å²) in [4.78, 5) is 0. The summed E-state index contributed by atoms with van der Waals surface area (Å²) in [5.41, 5.74) is 4.49. The van der Waals surface area contributed by atoms with Gasteiger partial charge in [0.05, 0.1) is 12.2 Å². The summed E-state index contributed by atoms with van der Waals surface area (Å²) >= 11 is 5.90. The average Bonchev–Trinajstić information content (AvgIpc) is 2.58. The molecule has 0 saturated heterocycles. The molecular weight excluding hydrogens is 292 g/mol. The van der Waals surface area contributed by atoms with E-state index in [1.54, 1.807) is 5.01 Å². The third-order valence-corrected chi connectivity index (χ3v) is 3.82. The standard InChI is InChI=1S/C19H17ClN2/c20-18-10-6-15(7-11-18)14-22(21)19-12-8-17(9-13-19)16-4-2-1-3-5-16/h1-13H,14,21H2. The van der Waals surface area contributed by atoms with Gasteiger partial charge in [0.15, 0.2) is 0 Å². The smallest absolute Gasteiger partial charge is 0.0592 e. The second-order valence-electron chi connectivity index (χ2n) is 5.17. The number of hydrogen-bond donors (Lipinski definition) is 1. The van der Waals surface area contributed by atoms with Crippen LogP contribution >= 0.6 is 11.6 Å². The first-order valence-electron chi connectivity index (χ1n) is 7.14. The van der Waals surface area contributed by atoms with Gasteiger partial charge in [0.25, 0.3) is 0 Å². The Morgan fingerprint density at radius 2 is 1.32 bits per heavy atom. The molecule has 2 nitrogen and oxygen atoms in total. The van der Waals surface area contributed by atoms with E-state index in [1.165, 1.54) is 11.1 Å². The van der Waals surface area contributed by atoms with Gasteiger partial charge in [0, 0.05) is 5.02 Å². The van der Waals surface area contributed by atoms with Gasteiger partial charge in [-0.15, -0.1) is 0 Å². The predicted molar refractivity (Wildman–Crippen MR) is 93.7 cm³/mol. The highest BCUT2D eigenvalue weighted by Gasteiger charge is 2.04. The molecule has 110 valence electrons. The zero-order valence-corrected chi connectivity index (χ0v) is 12.9. The number of halogens is 1. The van der Waals surface area contributed by atoms with E-state index < -0.39 is 0 Å². The molecule has 0 aliphatic heterocycles. The van der Waals surface area contributed by atoms with Crippen molar-refractivity contribution in [2.24, 2.45) is 5.84 Å². The Kier molecular flexibility index (Phi) is 4.42. The van der Waals surface area contributed by atoms with E-state index in [9.17, 15) is 0 Å². The lowest BCUT2D eigenvalue weighted by molar-refractivity contribution is 0.853. The van der Waals surface area contributed by atoms with E-state index >= 15 is 0 Å². The molecule has 3 aromatic carbocycles. The van der Waals surface area contributed by atoms with Crippen molar-refractivity contribution in [2.75, 3.05) is 5.01 Å². The molecule has 0 aliphatic carbocycles. The van der Waals surface area contributed by atoms with Gasteiger partial charge < -0.3 is 5.01 Å². The summed E-state index contributed by atoms with van der Waals surface area (Å²) in [7, 11) is 0. The first-order chi connectivity index (χ1) is 10.7. The average molecular weight is 309 g/mol. The number of nitrogens with two attached hydrogens (primary N) is 1. The number of benzene rings is 3. The molecular formula is C19H17ClN2. The van der Waals surface area contributed by atoms with Crippen LogP contribution in [0.1, 0.15) is 5.56 Å². The van der Waals surface area contributed by atoms with Gasteiger partial charge >= 0.3 is 0 Å². The van der Waals surface area contributed by atoms with Crippen LogP contribution in [0.3, 0.4) is 0 Å². The number of hydrazine groups is 1. The van der Waals surface area contributed by atoms with Gasteiger partial charge in [-0.3, -0.25) is 0 Å². The van der Waals surface area contributed by atoms with Crippen molar-refractivity contribution < 1.29 is 0 Å². The molecule has 0 radical (unpaired) electrons. The van der Waals surface area contributed by atoms with Crippen molar-refractivity contribution >= 4 is 17.3 Å². The van der Waals surface area contributed by atoms with E-state index in [0.29, 0.717) is 6.54 Å². The van der Waals surface area contributed by atoms with Crippen molar-refractivity contribution in [2.45, 2.75) is 6.54 Å². The Labute approximate surface area is 135 Å². The van der Waals surface area contributed by atoms with Crippen molar-refractivity contribution in [1.82, 2.24) is 0 Å². The van der Waals surface area contributed by atoms with Crippen LogP contribution in [0.5, 0.6) is 0 Å². The highest BCUT2D eigenvalue weighted by Crippen LogP contribution is 2.23. The number of rotatable bonds is 4. The normalized spacial score (nSPS) is 10.5. The summed E-state index contributed by atoms with van der Waals surface area (Å²) in [5, 5.41) is 2.47. The van der Waals surface area contributed by atoms with Gasteiger partial charge in [-0.25, -0.2) is 5.84 Å². The maximum Gasteiger partial charge on any atom is 0.0592 e. The highest BCUT2D eigenvalue weighted by molar-refractivity contribution is 6.30. The topological polar surface area (TPSA) is 29.3 Å². The van der Waals surface area contributed by atoms with Gasteiger partial charge in [-0.05, 0) is 41.0 Å². The lowest BCUT2D eigenvalue weighted by Gasteiger charge is -2.19. The van der Waals surface area contributed by atoms with Crippen LogP contribution in [-0.2, 0) is 6.54 Å². The quantitative estimate of drug-likeness (QED) is 0.549. The predicted octanol–water partition coefficient (Wildman–Crippen LogP) is 4.89. The Hall–Kier alpha value is -2.29. The molecule has 0 spiro atoms. The van der Waals surface area contributed by atoms with Gasteiger partial charge in [0.2, 0.25) is 0 Å². The minimum absolute atomic E-state index is 0.641. The monoisotopic (exact) mass is 308 g/mol. The zero-order chi connectivity index (χ0) is 15.4. The van der Waals surface area contributed by atoms with Crippen LogP contribution in [0.25, 0.3) is 11.1 Å². The third kappa shape index (κ3) is 3.48. The van der Waals surface area contributed by atoms with Gasteiger partial charge in [-0.2, -0.15) is 0 Å². The molecule has 0 aromatic heterocycles. The molecule has 2 N–H and O–H groups in total. The SMILES string of the molecule is NN(Cc1ccc(Cl)cc1)c1ccc(-c2ccccc2)cc1. The van der Waals surface area contributed by atoms with Gasteiger partial charge in [0.1, 0.15) is 0 Å². The minimum atomic E-state index is 0.641. The Balaban J connectivity index is 1.73. The van der Waals surface area contributed by atoms with Crippen LogP contribution in [-0.4, -0.2) is 0 Å². The summed E-state index contributed by atoms with van der Waals surface area (Å²) in [5.74, 6) is 6.15.